The molecule has 1 aromatic heterocycles. The van der Waals surface area contributed by atoms with Crippen LogP contribution in [-0.2, 0) is 0 Å². The molecule has 0 aliphatic carbocycles. The van der Waals surface area contributed by atoms with Gasteiger partial charge in [-0.3, -0.25) is 0 Å². The van der Waals surface area contributed by atoms with Crippen molar-refractivity contribution in [2.75, 3.05) is 0 Å². The van der Waals surface area contributed by atoms with E-state index in [0.717, 1.165) is 0 Å². The average molecular weight is 697 g/mol. The Labute approximate surface area is 308 Å². The molecule has 0 N–H and O–H groups in total. The van der Waals surface area contributed by atoms with Crippen molar-refractivity contribution in [3.8, 4) is 5.69 Å². The second kappa shape index (κ2) is 13.6. The van der Waals surface area contributed by atoms with Crippen LogP contribution >= 0.6 is 0 Å². The second-order valence-electron chi connectivity index (χ2n) is 13.5. The van der Waals surface area contributed by atoms with Crippen LogP contribution in [0.15, 0.2) is 212 Å². The standard InChI is InChI=1S/C49H38NSi2/c1-37-20-11-17-34-48(37)52(41-25-7-3-8-26-41,42-27-9-4-10-28-42)49-35-18-16-33-47(49)51(39-22-5-2-6-23-39)40-24-19-21-38(36-40)50-45-31-14-12-29-43(45)44-30-13-15-32-46(44)50/h2-36H,1H3. The molecule has 1 nitrogen and oxygen atoms in total. The summed E-state index contributed by atoms with van der Waals surface area (Å²) in [6.07, 6.45) is 0. The van der Waals surface area contributed by atoms with E-state index in [0.29, 0.717) is 0 Å². The Morgan fingerprint density at radius 1 is 0.404 bits per heavy atom. The third-order valence-electron chi connectivity index (χ3n) is 10.6. The van der Waals surface area contributed by atoms with E-state index in [4.69, 9.17) is 0 Å². The van der Waals surface area contributed by atoms with Crippen LogP contribution in [0.5, 0.6) is 0 Å². The van der Waals surface area contributed by atoms with Gasteiger partial charge in [0.05, 0.1) is 11.0 Å². The lowest BCUT2D eigenvalue weighted by molar-refractivity contribution is 1.18. The van der Waals surface area contributed by atoms with Gasteiger partial charge >= 0.3 is 0 Å². The molecule has 0 aliphatic rings. The molecule has 8 aromatic carbocycles. The van der Waals surface area contributed by atoms with Crippen molar-refractivity contribution >= 4 is 75.0 Å². The first kappa shape index (κ1) is 31.9. The summed E-state index contributed by atoms with van der Waals surface area (Å²) < 4.78 is 2.45. The number of hydrogen-bond acceptors (Lipinski definition) is 0. The minimum absolute atomic E-state index is 1.19. The maximum absolute atomic E-state index is 2.84. The molecule has 0 saturated carbocycles. The molecule has 52 heavy (non-hydrogen) atoms. The highest BCUT2D eigenvalue weighted by Gasteiger charge is 2.44. The van der Waals surface area contributed by atoms with E-state index in [1.807, 2.05) is 0 Å². The summed E-state index contributed by atoms with van der Waals surface area (Å²) in [4.78, 5) is 0. The van der Waals surface area contributed by atoms with Crippen molar-refractivity contribution in [2.24, 2.45) is 0 Å². The van der Waals surface area contributed by atoms with Gasteiger partial charge in [-0.05, 0) is 57.1 Å². The largest absolute Gasteiger partial charge is 0.309 e. The van der Waals surface area contributed by atoms with Crippen molar-refractivity contribution in [3.63, 3.8) is 0 Å². The fraction of sp³-hybridized carbons (Fsp3) is 0.0204. The summed E-state index contributed by atoms with van der Waals surface area (Å²) in [6.45, 7) is 2.30. The van der Waals surface area contributed by atoms with Crippen molar-refractivity contribution in [1.82, 2.24) is 4.57 Å². The molecule has 0 fully saturated rings. The Kier molecular flexibility index (Phi) is 8.36. The molecule has 0 atom stereocenters. The normalized spacial score (nSPS) is 11.7. The molecule has 9 aromatic rings. The number of benzene rings is 8. The molecule has 0 unspecified atom stereocenters. The number of aryl methyl sites for hydroxylation is 1. The molecule has 0 spiro atoms. The Balaban J connectivity index is 1.35. The van der Waals surface area contributed by atoms with Gasteiger partial charge in [0, 0.05) is 16.5 Å². The van der Waals surface area contributed by atoms with Gasteiger partial charge in [-0.1, -0.05) is 204 Å². The molecule has 1 heterocycles. The Morgan fingerprint density at radius 3 is 1.50 bits per heavy atom. The molecule has 247 valence electrons. The lowest BCUT2D eigenvalue weighted by Crippen LogP contribution is -2.79. The number of fused-ring (bicyclic) bond motifs is 3. The van der Waals surface area contributed by atoms with Gasteiger partial charge in [-0.25, -0.2) is 0 Å². The summed E-state index contributed by atoms with van der Waals surface area (Å²) in [5.41, 5.74) is 4.99. The first-order chi connectivity index (χ1) is 25.7. The van der Waals surface area contributed by atoms with Gasteiger partial charge in [0.2, 0.25) is 0 Å². The zero-order chi connectivity index (χ0) is 34.9. The van der Waals surface area contributed by atoms with E-state index in [1.54, 1.807) is 0 Å². The average Bonchev–Trinajstić information content (AvgIpc) is 3.55. The zero-order valence-electron chi connectivity index (χ0n) is 29.2. The van der Waals surface area contributed by atoms with E-state index in [-0.39, 0.29) is 0 Å². The highest BCUT2D eigenvalue weighted by atomic mass is 28.3. The molecule has 0 saturated heterocycles. The van der Waals surface area contributed by atoms with E-state index < -0.39 is 16.9 Å². The van der Waals surface area contributed by atoms with Crippen LogP contribution in [0.2, 0.25) is 0 Å². The fourth-order valence-corrected chi connectivity index (χ4v) is 17.1. The maximum atomic E-state index is 2.47. The summed E-state index contributed by atoms with van der Waals surface area (Å²) in [6, 6.07) is 79.5. The Morgan fingerprint density at radius 2 is 0.885 bits per heavy atom. The number of nitrogens with zero attached hydrogens (tertiary/aromatic N) is 1. The molecule has 0 amide bonds. The molecule has 1 radical (unpaired) electrons. The van der Waals surface area contributed by atoms with Crippen molar-refractivity contribution in [3.05, 3.63) is 218 Å². The third kappa shape index (κ3) is 5.29. The summed E-state index contributed by atoms with van der Waals surface area (Å²) in [7, 11) is -4.36. The van der Waals surface area contributed by atoms with E-state index in [1.165, 1.54) is 69.4 Å². The van der Waals surface area contributed by atoms with Gasteiger partial charge < -0.3 is 4.57 Å². The van der Waals surface area contributed by atoms with Crippen LogP contribution < -0.4 is 36.3 Å². The smallest absolute Gasteiger partial charge is 0.179 e. The summed E-state index contributed by atoms with van der Waals surface area (Å²) in [5.74, 6) is 0. The molecule has 9 rings (SSSR count). The van der Waals surface area contributed by atoms with Gasteiger partial charge in [0.25, 0.3) is 0 Å². The van der Waals surface area contributed by atoms with E-state index in [9.17, 15) is 0 Å². The first-order valence-corrected chi connectivity index (χ1v) is 21.5. The minimum atomic E-state index is -2.84. The second-order valence-corrected chi connectivity index (χ2v) is 19.7. The van der Waals surface area contributed by atoms with E-state index >= 15 is 0 Å². The highest BCUT2D eigenvalue weighted by Crippen LogP contribution is 2.31. The zero-order valence-corrected chi connectivity index (χ0v) is 31.2. The number of rotatable bonds is 8. The van der Waals surface area contributed by atoms with Crippen molar-refractivity contribution in [1.29, 1.82) is 0 Å². The number of hydrogen-bond donors (Lipinski definition) is 0. The summed E-state index contributed by atoms with van der Waals surface area (Å²) in [5, 5.41) is 12.5. The molecular formula is C49H38NSi2. The first-order valence-electron chi connectivity index (χ1n) is 18.0. The van der Waals surface area contributed by atoms with Crippen molar-refractivity contribution < 1.29 is 0 Å². The molecule has 0 aliphatic heterocycles. The predicted molar refractivity (Wildman–Crippen MR) is 227 cm³/mol. The predicted octanol–water partition coefficient (Wildman–Crippen LogP) is 6.99. The topological polar surface area (TPSA) is 4.93 Å². The summed E-state index contributed by atoms with van der Waals surface area (Å²) >= 11 is 0. The SMILES string of the molecule is Cc1ccccc1[Si](c1ccccc1)(c1ccccc1)c1ccccc1[Si](c1ccccc1)c1cccc(-n2c3ccccc3c3ccccc32)c1. The molecule has 0 bridgehead atoms. The van der Waals surface area contributed by atoms with Gasteiger partial charge in [-0.15, -0.1) is 0 Å². The maximum Gasteiger partial charge on any atom is 0.179 e. The number of aromatic nitrogens is 1. The minimum Gasteiger partial charge on any atom is -0.309 e. The Bertz CT molecular complexity index is 2550. The number of para-hydroxylation sites is 2. The quantitative estimate of drug-likeness (QED) is 0.119. The van der Waals surface area contributed by atoms with Crippen LogP contribution in [0.25, 0.3) is 27.5 Å². The highest BCUT2D eigenvalue weighted by molar-refractivity contribution is 7.22. The lowest BCUT2D eigenvalue weighted by Gasteiger charge is -2.38. The third-order valence-corrected chi connectivity index (χ3v) is 18.6. The lowest BCUT2D eigenvalue weighted by atomic mass is 10.2. The van der Waals surface area contributed by atoms with Gasteiger partial charge in [0.1, 0.15) is 0 Å². The van der Waals surface area contributed by atoms with Crippen LogP contribution in [0.1, 0.15) is 5.56 Å². The Hall–Kier alpha value is -6.01. The monoisotopic (exact) mass is 696 g/mol. The fourth-order valence-electron chi connectivity index (χ4n) is 8.42. The van der Waals surface area contributed by atoms with Gasteiger partial charge in [0.15, 0.2) is 16.9 Å². The molecular weight excluding hydrogens is 659 g/mol. The van der Waals surface area contributed by atoms with Crippen LogP contribution in [0, 0.1) is 6.92 Å². The van der Waals surface area contributed by atoms with E-state index in [2.05, 4.69) is 224 Å². The van der Waals surface area contributed by atoms with Crippen LogP contribution in [0.4, 0.5) is 0 Å². The molecule has 3 heteroatoms. The van der Waals surface area contributed by atoms with Crippen LogP contribution in [-0.4, -0.2) is 21.4 Å². The van der Waals surface area contributed by atoms with Crippen LogP contribution in [0.3, 0.4) is 0 Å². The van der Waals surface area contributed by atoms with Crippen molar-refractivity contribution in [2.45, 2.75) is 6.92 Å². The van der Waals surface area contributed by atoms with Gasteiger partial charge in [-0.2, -0.15) is 0 Å².